The van der Waals surface area contributed by atoms with Crippen molar-refractivity contribution in [3.8, 4) is 0 Å². The lowest BCUT2D eigenvalue weighted by molar-refractivity contribution is 0.0925. The normalized spacial score (nSPS) is 13.8. The minimum absolute atomic E-state index is 0.281. The summed E-state index contributed by atoms with van der Waals surface area (Å²) in [5, 5.41) is 0. The Bertz CT molecular complexity index is 697. The second-order valence-corrected chi connectivity index (χ2v) is 6.31. The summed E-state index contributed by atoms with van der Waals surface area (Å²) in [6.45, 7) is 1.87. The maximum absolute atomic E-state index is 12.5. The number of aryl methyl sites for hydroxylation is 1. The molecule has 2 amide bonds. The van der Waals surface area contributed by atoms with Crippen LogP contribution >= 0.6 is 31.9 Å². The lowest BCUT2D eigenvalue weighted by atomic mass is 10.1. The molecule has 1 aliphatic rings. The molecule has 0 aromatic heterocycles. The molecule has 0 fully saturated rings. The van der Waals surface area contributed by atoms with E-state index in [4.69, 9.17) is 0 Å². The quantitative estimate of drug-likeness (QED) is 0.675. The number of fused-ring (bicyclic) bond motifs is 1. The predicted molar refractivity (Wildman–Crippen MR) is 84.2 cm³/mol. The fourth-order valence-electron chi connectivity index (χ4n) is 2.37. The standard InChI is InChI=1S/C15H9Br2NO2/c1-8-6-9(16)7-12(17)13(8)18-14(19)10-4-2-3-5-11(10)15(18)20/h2-7H,1H3. The largest absolute Gasteiger partial charge is 0.268 e. The molecular formula is C15H9Br2NO2. The zero-order valence-corrected chi connectivity index (χ0v) is 13.7. The maximum atomic E-state index is 12.5. The van der Waals surface area contributed by atoms with E-state index in [1.54, 1.807) is 24.3 Å². The molecular weight excluding hydrogens is 386 g/mol. The Kier molecular flexibility index (Phi) is 3.26. The molecule has 0 N–H and O–H groups in total. The lowest BCUT2D eigenvalue weighted by Crippen LogP contribution is -2.30. The van der Waals surface area contributed by atoms with E-state index in [-0.39, 0.29) is 11.8 Å². The van der Waals surface area contributed by atoms with Crippen LogP contribution in [-0.4, -0.2) is 11.8 Å². The fraction of sp³-hybridized carbons (Fsp3) is 0.0667. The third kappa shape index (κ3) is 1.93. The van der Waals surface area contributed by atoms with Crippen molar-refractivity contribution in [3.05, 3.63) is 62.0 Å². The van der Waals surface area contributed by atoms with Gasteiger partial charge in [-0.3, -0.25) is 9.59 Å². The van der Waals surface area contributed by atoms with Gasteiger partial charge in [0.25, 0.3) is 11.8 Å². The van der Waals surface area contributed by atoms with E-state index in [1.165, 1.54) is 4.90 Å². The van der Waals surface area contributed by atoms with Crippen molar-refractivity contribution in [3.63, 3.8) is 0 Å². The Hall–Kier alpha value is -1.46. The van der Waals surface area contributed by atoms with Crippen molar-refractivity contribution in [1.82, 2.24) is 0 Å². The molecule has 0 saturated heterocycles. The highest BCUT2D eigenvalue weighted by atomic mass is 79.9. The lowest BCUT2D eigenvalue weighted by Gasteiger charge is -2.18. The Morgan fingerprint density at radius 3 is 2.00 bits per heavy atom. The van der Waals surface area contributed by atoms with E-state index in [9.17, 15) is 9.59 Å². The van der Waals surface area contributed by atoms with Crippen LogP contribution in [-0.2, 0) is 0 Å². The first kappa shape index (κ1) is 13.5. The molecule has 1 aliphatic heterocycles. The van der Waals surface area contributed by atoms with Crippen molar-refractivity contribution in [2.45, 2.75) is 6.92 Å². The van der Waals surface area contributed by atoms with Gasteiger partial charge in [-0.15, -0.1) is 0 Å². The van der Waals surface area contributed by atoms with Crippen molar-refractivity contribution < 1.29 is 9.59 Å². The molecule has 0 spiro atoms. The highest BCUT2D eigenvalue weighted by molar-refractivity contribution is 9.11. The molecule has 3 nitrogen and oxygen atoms in total. The predicted octanol–water partition coefficient (Wildman–Crippen LogP) is 4.32. The van der Waals surface area contributed by atoms with Gasteiger partial charge in [-0.2, -0.15) is 0 Å². The molecule has 3 rings (SSSR count). The molecule has 1 heterocycles. The number of halogens is 2. The van der Waals surface area contributed by atoms with Gasteiger partial charge in [0.05, 0.1) is 16.8 Å². The second-order valence-electron chi connectivity index (χ2n) is 4.54. The number of rotatable bonds is 1. The average Bonchev–Trinajstić information content (AvgIpc) is 2.64. The molecule has 0 radical (unpaired) electrons. The SMILES string of the molecule is Cc1cc(Br)cc(Br)c1N1C(=O)c2ccccc2C1=O. The van der Waals surface area contributed by atoms with Crippen molar-refractivity contribution in [1.29, 1.82) is 0 Å². The fourth-order valence-corrected chi connectivity index (χ4v) is 3.99. The number of anilines is 1. The van der Waals surface area contributed by atoms with Gasteiger partial charge in [0, 0.05) is 8.95 Å². The molecule has 0 atom stereocenters. The number of carbonyl (C=O) groups excluding carboxylic acids is 2. The topological polar surface area (TPSA) is 37.4 Å². The Labute approximate surface area is 132 Å². The van der Waals surface area contributed by atoms with E-state index in [0.29, 0.717) is 21.3 Å². The van der Waals surface area contributed by atoms with Gasteiger partial charge in [0.1, 0.15) is 0 Å². The van der Waals surface area contributed by atoms with Crippen molar-refractivity contribution >= 4 is 49.4 Å². The third-order valence-corrected chi connectivity index (χ3v) is 4.30. The van der Waals surface area contributed by atoms with Gasteiger partial charge < -0.3 is 0 Å². The third-order valence-electron chi connectivity index (χ3n) is 3.24. The van der Waals surface area contributed by atoms with Gasteiger partial charge in [-0.1, -0.05) is 28.1 Å². The van der Waals surface area contributed by atoms with Crippen LogP contribution in [0.1, 0.15) is 26.3 Å². The summed E-state index contributed by atoms with van der Waals surface area (Å²) in [5.41, 5.74) is 2.35. The molecule has 0 bridgehead atoms. The summed E-state index contributed by atoms with van der Waals surface area (Å²) in [7, 11) is 0. The minimum atomic E-state index is -0.281. The Morgan fingerprint density at radius 2 is 1.50 bits per heavy atom. The van der Waals surface area contributed by atoms with E-state index in [2.05, 4.69) is 31.9 Å². The summed E-state index contributed by atoms with van der Waals surface area (Å²) in [5.74, 6) is -0.562. The number of nitrogens with zero attached hydrogens (tertiary/aromatic N) is 1. The zero-order valence-electron chi connectivity index (χ0n) is 10.5. The second kappa shape index (κ2) is 4.82. The monoisotopic (exact) mass is 393 g/mol. The summed E-state index contributed by atoms with van der Waals surface area (Å²) in [6.07, 6.45) is 0. The zero-order chi connectivity index (χ0) is 14.4. The van der Waals surface area contributed by atoms with Gasteiger partial charge in [-0.25, -0.2) is 4.90 Å². The molecule has 0 unspecified atom stereocenters. The number of benzene rings is 2. The van der Waals surface area contributed by atoms with Gasteiger partial charge in [-0.05, 0) is 52.7 Å². The highest BCUT2D eigenvalue weighted by Gasteiger charge is 2.37. The van der Waals surface area contributed by atoms with Gasteiger partial charge in [0.2, 0.25) is 0 Å². The highest BCUT2D eigenvalue weighted by Crippen LogP contribution is 2.37. The molecule has 5 heteroatoms. The van der Waals surface area contributed by atoms with Crippen LogP contribution in [0.15, 0.2) is 45.3 Å². The summed E-state index contributed by atoms with van der Waals surface area (Å²) in [6, 6.07) is 10.6. The first-order chi connectivity index (χ1) is 9.50. The Balaban J connectivity index is 2.19. The van der Waals surface area contributed by atoms with Crippen molar-refractivity contribution in [2.24, 2.45) is 0 Å². The van der Waals surface area contributed by atoms with E-state index in [1.807, 2.05) is 19.1 Å². The van der Waals surface area contributed by atoms with Crippen LogP contribution in [0, 0.1) is 6.92 Å². The first-order valence-corrected chi connectivity index (χ1v) is 7.53. The van der Waals surface area contributed by atoms with Crippen LogP contribution in [0.4, 0.5) is 5.69 Å². The van der Waals surface area contributed by atoms with Crippen LogP contribution in [0.25, 0.3) is 0 Å². The molecule has 0 aliphatic carbocycles. The number of hydrogen-bond donors (Lipinski definition) is 0. The summed E-state index contributed by atoms with van der Waals surface area (Å²) in [4.78, 5) is 26.2. The van der Waals surface area contributed by atoms with E-state index in [0.717, 1.165) is 10.0 Å². The molecule has 0 saturated carbocycles. The van der Waals surface area contributed by atoms with E-state index < -0.39 is 0 Å². The van der Waals surface area contributed by atoms with Crippen LogP contribution in [0.3, 0.4) is 0 Å². The number of amides is 2. The van der Waals surface area contributed by atoms with Gasteiger partial charge in [0.15, 0.2) is 0 Å². The number of imide groups is 1. The number of hydrogen-bond acceptors (Lipinski definition) is 2. The average molecular weight is 395 g/mol. The summed E-state index contributed by atoms with van der Waals surface area (Å²) >= 11 is 6.83. The Morgan fingerprint density at radius 1 is 0.950 bits per heavy atom. The summed E-state index contributed by atoms with van der Waals surface area (Å²) < 4.78 is 1.60. The number of carbonyl (C=O) groups is 2. The molecule has 20 heavy (non-hydrogen) atoms. The molecule has 2 aromatic rings. The first-order valence-electron chi connectivity index (χ1n) is 5.94. The van der Waals surface area contributed by atoms with Crippen LogP contribution in [0.5, 0.6) is 0 Å². The molecule has 100 valence electrons. The minimum Gasteiger partial charge on any atom is -0.268 e. The maximum Gasteiger partial charge on any atom is 0.266 e. The van der Waals surface area contributed by atoms with E-state index >= 15 is 0 Å². The van der Waals surface area contributed by atoms with Gasteiger partial charge >= 0.3 is 0 Å². The smallest absolute Gasteiger partial charge is 0.266 e. The van der Waals surface area contributed by atoms with Crippen molar-refractivity contribution in [2.75, 3.05) is 4.90 Å². The van der Waals surface area contributed by atoms with Crippen LogP contribution in [0.2, 0.25) is 0 Å². The molecule has 2 aromatic carbocycles. The van der Waals surface area contributed by atoms with Crippen LogP contribution < -0.4 is 4.90 Å².